The fourth-order valence-corrected chi connectivity index (χ4v) is 4.61. The van der Waals surface area contributed by atoms with Crippen molar-refractivity contribution in [3.8, 4) is 5.75 Å². The van der Waals surface area contributed by atoms with Crippen LogP contribution in [0.1, 0.15) is 12.5 Å². The molecule has 0 bridgehead atoms. The standard InChI is InChI=1S/C27H25N3O4/c1-16(2)14-20-22(34-15-23(31)28-12-13-33-3)9-8-21-24(20)19-10-11-29-25-17-6-4-5-7-18(17)27(32)30(21)26(19)25/h4-11H,1,12-15H2,2-3H3,(H,28,31). The SMILES string of the molecule is C=C(C)Cc1c(OCC(=O)NCCOC)ccc2c1c1ccnc3c4ccccc4c(=O)n2c13. The number of methoxy groups -OCH3 is 1. The summed E-state index contributed by atoms with van der Waals surface area (Å²) in [6, 6.07) is 13.2. The van der Waals surface area contributed by atoms with Gasteiger partial charge in [0.05, 0.1) is 23.2 Å². The van der Waals surface area contributed by atoms with Crippen LogP contribution in [-0.4, -0.2) is 42.2 Å². The Labute approximate surface area is 195 Å². The van der Waals surface area contributed by atoms with Gasteiger partial charge in [-0.2, -0.15) is 0 Å². The third-order valence-corrected chi connectivity index (χ3v) is 5.99. The molecule has 3 aromatic heterocycles. The van der Waals surface area contributed by atoms with Gasteiger partial charge in [0.2, 0.25) is 0 Å². The summed E-state index contributed by atoms with van der Waals surface area (Å²) in [5.74, 6) is 0.370. The van der Waals surface area contributed by atoms with Gasteiger partial charge in [0, 0.05) is 47.0 Å². The van der Waals surface area contributed by atoms with E-state index in [0.29, 0.717) is 30.7 Å². The molecule has 0 saturated heterocycles. The Morgan fingerprint density at radius 2 is 1.91 bits per heavy atom. The Balaban J connectivity index is 1.73. The summed E-state index contributed by atoms with van der Waals surface area (Å²) in [6.45, 7) is 6.78. The number of amides is 1. The van der Waals surface area contributed by atoms with E-state index in [-0.39, 0.29) is 18.1 Å². The molecule has 0 atom stereocenters. The van der Waals surface area contributed by atoms with Crippen LogP contribution in [-0.2, 0) is 16.0 Å². The first-order chi connectivity index (χ1) is 16.5. The highest BCUT2D eigenvalue weighted by Gasteiger charge is 2.22. The second kappa shape index (κ2) is 8.76. The van der Waals surface area contributed by atoms with Crippen LogP contribution < -0.4 is 15.6 Å². The Bertz CT molecular complexity index is 1620. The number of hydrogen-bond donors (Lipinski definition) is 1. The van der Waals surface area contributed by atoms with Gasteiger partial charge in [-0.1, -0.05) is 30.4 Å². The zero-order valence-corrected chi connectivity index (χ0v) is 19.2. The van der Waals surface area contributed by atoms with E-state index in [4.69, 9.17) is 9.47 Å². The number of allylic oxidation sites excluding steroid dienone is 1. The van der Waals surface area contributed by atoms with E-state index in [0.717, 1.165) is 43.8 Å². The number of nitrogens with one attached hydrogen (secondary N) is 1. The molecule has 172 valence electrons. The Morgan fingerprint density at radius 3 is 2.68 bits per heavy atom. The Morgan fingerprint density at radius 1 is 1.12 bits per heavy atom. The molecule has 0 aliphatic heterocycles. The minimum Gasteiger partial charge on any atom is -0.483 e. The molecular weight excluding hydrogens is 430 g/mol. The Hall–Kier alpha value is -3.97. The minimum atomic E-state index is -0.226. The van der Waals surface area contributed by atoms with Gasteiger partial charge in [-0.05, 0) is 37.6 Å². The summed E-state index contributed by atoms with van der Waals surface area (Å²) >= 11 is 0. The normalized spacial score (nSPS) is 11.6. The highest BCUT2D eigenvalue weighted by atomic mass is 16.5. The number of ether oxygens (including phenoxy) is 2. The summed E-state index contributed by atoms with van der Waals surface area (Å²) < 4.78 is 12.7. The van der Waals surface area contributed by atoms with Crippen LogP contribution in [0.4, 0.5) is 0 Å². The summed E-state index contributed by atoms with van der Waals surface area (Å²) in [5.41, 5.74) is 4.13. The number of hydrogen-bond acceptors (Lipinski definition) is 5. The second-order valence-electron chi connectivity index (χ2n) is 8.44. The number of benzene rings is 2. The number of nitrogens with zero attached hydrogens (tertiary/aromatic N) is 2. The van der Waals surface area contributed by atoms with Crippen LogP contribution in [0.3, 0.4) is 0 Å². The molecule has 7 heteroatoms. The van der Waals surface area contributed by atoms with E-state index in [1.807, 2.05) is 49.4 Å². The van der Waals surface area contributed by atoms with E-state index in [9.17, 15) is 9.59 Å². The van der Waals surface area contributed by atoms with Crippen molar-refractivity contribution in [2.45, 2.75) is 13.3 Å². The van der Waals surface area contributed by atoms with Gasteiger partial charge in [0.1, 0.15) is 5.75 Å². The molecule has 2 aromatic carbocycles. The molecule has 0 fully saturated rings. The molecular formula is C27H25N3O4. The fourth-order valence-electron chi connectivity index (χ4n) is 4.61. The lowest BCUT2D eigenvalue weighted by Crippen LogP contribution is -2.31. The number of carbonyl (C=O) groups excluding carboxylic acids is 1. The molecule has 1 N–H and O–H groups in total. The number of carbonyl (C=O) groups is 1. The maximum atomic E-state index is 13.6. The van der Waals surface area contributed by atoms with E-state index in [2.05, 4.69) is 16.9 Å². The molecule has 5 aromatic rings. The third-order valence-electron chi connectivity index (χ3n) is 5.99. The smallest absolute Gasteiger partial charge is 0.263 e. The monoisotopic (exact) mass is 455 g/mol. The third kappa shape index (κ3) is 3.54. The van der Waals surface area contributed by atoms with Gasteiger partial charge in [0.15, 0.2) is 6.61 Å². The molecule has 3 heterocycles. The molecule has 0 radical (unpaired) electrons. The zero-order chi connectivity index (χ0) is 23.8. The molecule has 0 aliphatic carbocycles. The average molecular weight is 456 g/mol. The number of fused-ring (bicyclic) bond motifs is 5. The van der Waals surface area contributed by atoms with E-state index in [1.165, 1.54) is 0 Å². The molecule has 0 spiro atoms. The van der Waals surface area contributed by atoms with E-state index >= 15 is 0 Å². The van der Waals surface area contributed by atoms with Crippen LogP contribution in [0.5, 0.6) is 5.75 Å². The van der Waals surface area contributed by atoms with Crippen LogP contribution in [0.2, 0.25) is 0 Å². The second-order valence-corrected chi connectivity index (χ2v) is 8.44. The van der Waals surface area contributed by atoms with Crippen LogP contribution in [0.25, 0.3) is 38.1 Å². The van der Waals surface area contributed by atoms with Crippen molar-refractivity contribution in [2.24, 2.45) is 0 Å². The summed E-state index contributed by atoms with van der Waals surface area (Å²) in [7, 11) is 1.58. The zero-order valence-electron chi connectivity index (χ0n) is 19.2. The van der Waals surface area contributed by atoms with Crippen LogP contribution >= 0.6 is 0 Å². The molecule has 1 amide bonds. The van der Waals surface area contributed by atoms with Gasteiger partial charge in [-0.15, -0.1) is 0 Å². The molecule has 0 saturated carbocycles. The molecule has 0 unspecified atom stereocenters. The fraction of sp³-hybridized carbons (Fsp3) is 0.222. The summed E-state index contributed by atoms with van der Waals surface area (Å²) in [6.07, 6.45) is 2.32. The molecule has 7 nitrogen and oxygen atoms in total. The van der Waals surface area contributed by atoms with E-state index in [1.54, 1.807) is 17.7 Å². The highest BCUT2D eigenvalue weighted by Crippen LogP contribution is 2.38. The van der Waals surface area contributed by atoms with Crippen molar-refractivity contribution in [3.63, 3.8) is 0 Å². The first-order valence-electron chi connectivity index (χ1n) is 11.1. The number of aromatic nitrogens is 2. The van der Waals surface area contributed by atoms with Crippen molar-refractivity contribution in [3.05, 3.63) is 76.7 Å². The maximum Gasteiger partial charge on any atom is 0.263 e. The van der Waals surface area contributed by atoms with Crippen LogP contribution in [0.15, 0.2) is 65.6 Å². The minimum absolute atomic E-state index is 0.0800. The molecule has 34 heavy (non-hydrogen) atoms. The quantitative estimate of drug-likeness (QED) is 0.218. The lowest BCUT2D eigenvalue weighted by Gasteiger charge is -2.13. The van der Waals surface area contributed by atoms with Crippen molar-refractivity contribution in [1.29, 1.82) is 0 Å². The van der Waals surface area contributed by atoms with Crippen molar-refractivity contribution in [2.75, 3.05) is 26.9 Å². The predicted octanol–water partition coefficient (Wildman–Crippen LogP) is 3.85. The predicted molar refractivity (Wildman–Crippen MR) is 134 cm³/mol. The largest absolute Gasteiger partial charge is 0.483 e. The van der Waals surface area contributed by atoms with Gasteiger partial charge < -0.3 is 14.8 Å². The van der Waals surface area contributed by atoms with Gasteiger partial charge >= 0.3 is 0 Å². The summed E-state index contributed by atoms with van der Waals surface area (Å²) in [4.78, 5) is 30.4. The van der Waals surface area contributed by atoms with Gasteiger partial charge in [-0.25, -0.2) is 0 Å². The molecule has 5 rings (SSSR count). The van der Waals surface area contributed by atoms with Gasteiger partial charge in [0.25, 0.3) is 11.5 Å². The maximum absolute atomic E-state index is 13.6. The lowest BCUT2D eigenvalue weighted by atomic mass is 9.99. The van der Waals surface area contributed by atoms with Crippen LogP contribution in [0, 0.1) is 0 Å². The topological polar surface area (TPSA) is 81.9 Å². The van der Waals surface area contributed by atoms with Crippen molar-refractivity contribution >= 4 is 44.0 Å². The first-order valence-corrected chi connectivity index (χ1v) is 11.1. The first kappa shape index (κ1) is 21.9. The number of rotatable bonds is 8. The van der Waals surface area contributed by atoms with Crippen molar-refractivity contribution in [1.82, 2.24) is 14.7 Å². The van der Waals surface area contributed by atoms with E-state index < -0.39 is 0 Å². The number of pyridine rings is 2. The lowest BCUT2D eigenvalue weighted by molar-refractivity contribution is -0.123. The molecule has 0 aliphatic rings. The summed E-state index contributed by atoms with van der Waals surface area (Å²) in [5, 5.41) is 6.06. The van der Waals surface area contributed by atoms with Gasteiger partial charge in [-0.3, -0.25) is 19.0 Å². The van der Waals surface area contributed by atoms with Crippen molar-refractivity contribution < 1.29 is 14.3 Å². The highest BCUT2D eigenvalue weighted by molar-refractivity contribution is 6.19. The average Bonchev–Trinajstić information content (AvgIpc) is 3.17. The Kier molecular flexibility index (Phi) is 5.63.